The van der Waals surface area contributed by atoms with Crippen molar-refractivity contribution in [3.63, 3.8) is 0 Å². The average molecular weight is 217 g/mol. The fourth-order valence-corrected chi connectivity index (χ4v) is 0.750. The van der Waals surface area contributed by atoms with Crippen LogP contribution in [0.4, 0.5) is 0 Å². The smallest absolute Gasteiger partial charge is 0.242 e. The largest absolute Gasteiger partial charge is 0.366 e. The number of halogens is 1. The molecule has 2 N–H and O–H groups in total. The van der Waals surface area contributed by atoms with Crippen LogP contribution in [0.15, 0.2) is 17.1 Å². The van der Waals surface area contributed by atoms with Gasteiger partial charge in [0.25, 0.3) is 0 Å². The summed E-state index contributed by atoms with van der Waals surface area (Å²) < 4.78 is 1.83. The van der Waals surface area contributed by atoms with E-state index in [0.717, 1.165) is 0 Å². The van der Waals surface area contributed by atoms with Crippen LogP contribution in [-0.4, -0.2) is 20.7 Å². The molecule has 0 spiro atoms. The fraction of sp³-hybridized carbons (Fsp3) is 0. The molecule has 0 atom stereocenters. The van der Waals surface area contributed by atoms with Crippen molar-refractivity contribution in [3.05, 3.63) is 17.1 Å². The first-order valence-corrected chi connectivity index (χ1v) is 3.52. The summed E-state index contributed by atoms with van der Waals surface area (Å²) >= 11 is 3.05. The van der Waals surface area contributed by atoms with Crippen LogP contribution in [0.3, 0.4) is 0 Å². The van der Waals surface area contributed by atoms with Crippen molar-refractivity contribution in [2.75, 3.05) is 0 Å². The van der Waals surface area contributed by atoms with E-state index in [1.54, 1.807) is 0 Å². The second-order valence-corrected chi connectivity index (χ2v) is 2.42. The predicted octanol–water partition coefficient (Wildman–Crippen LogP) is -0.00340. The molecule has 1 aromatic rings. The molecule has 1 rings (SSSR count). The van der Waals surface area contributed by atoms with Gasteiger partial charge < -0.3 is 5.73 Å². The lowest BCUT2D eigenvalue weighted by atomic mass is 10.6. The van der Waals surface area contributed by atoms with Crippen LogP contribution in [0, 0.1) is 0 Å². The van der Waals surface area contributed by atoms with E-state index < -0.39 is 5.91 Å². The summed E-state index contributed by atoms with van der Waals surface area (Å²) in [5, 5.41) is 3.81. The topological polar surface area (TPSA) is 73.8 Å². The van der Waals surface area contributed by atoms with Crippen molar-refractivity contribution < 1.29 is 4.79 Å². The molecule has 0 saturated heterocycles. The van der Waals surface area contributed by atoms with Crippen molar-refractivity contribution >= 4 is 28.0 Å². The molecule has 0 unspecified atom stereocenters. The summed E-state index contributed by atoms with van der Waals surface area (Å²) in [5.41, 5.74) is 4.85. The van der Waals surface area contributed by atoms with Gasteiger partial charge in [0.1, 0.15) is 6.33 Å². The molecule has 58 valence electrons. The molecular weight excluding hydrogens is 212 g/mol. The second-order valence-electron chi connectivity index (χ2n) is 1.71. The van der Waals surface area contributed by atoms with E-state index >= 15 is 0 Å². The average Bonchev–Trinajstić information content (AvgIpc) is 2.31. The minimum absolute atomic E-state index is 0.464. The standard InChI is InChI=1S/C5H5BrN4O/c6-5-8-3-10(9-5)2-1-4(7)11/h1-3H,(H2,7,11). The molecule has 1 aromatic heterocycles. The van der Waals surface area contributed by atoms with Gasteiger partial charge >= 0.3 is 0 Å². The molecular formula is C5H5BrN4O. The Labute approximate surface area is 71.0 Å². The molecule has 0 bridgehead atoms. The first-order valence-electron chi connectivity index (χ1n) is 2.73. The van der Waals surface area contributed by atoms with Crippen LogP contribution < -0.4 is 5.73 Å². The molecule has 0 aliphatic carbocycles. The highest BCUT2D eigenvalue weighted by atomic mass is 79.9. The molecule has 1 heterocycles. The molecule has 0 aromatic carbocycles. The van der Waals surface area contributed by atoms with Gasteiger partial charge in [-0.3, -0.25) is 4.79 Å². The zero-order valence-electron chi connectivity index (χ0n) is 5.44. The maximum atomic E-state index is 10.2. The molecule has 0 radical (unpaired) electrons. The molecule has 11 heavy (non-hydrogen) atoms. The number of amides is 1. The van der Waals surface area contributed by atoms with Gasteiger partial charge in [0.15, 0.2) is 0 Å². The van der Waals surface area contributed by atoms with E-state index in [9.17, 15) is 4.79 Å². The quantitative estimate of drug-likeness (QED) is 0.708. The summed E-state index contributed by atoms with van der Waals surface area (Å²) in [6.45, 7) is 0. The number of hydrogen-bond donors (Lipinski definition) is 1. The normalized spacial score (nSPS) is 10.6. The summed E-state index contributed by atoms with van der Waals surface area (Å²) in [4.78, 5) is 14.0. The zero-order chi connectivity index (χ0) is 8.27. The number of nitrogens with two attached hydrogens (primary N) is 1. The number of aromatic nitrogens is 3. The van der Waals surface area contributed by atoms with Crippen LogP contribution in [0.5, 0.6) is 0 Å². The van der Waals surface area contributed by atoms with E-state index in [0.29, 0.717) is 4.73 Å². The van der Waals surface area contributed by atoms with Crippen LogP contribution in [0.1, 0.15) is 0 Å². The number of hydrogen-bond acceptors (Lipinski definition) is 3. The third-order valence-electron chi connectivity index (χ3n) is 0.872. The van der Waals surface area contributed by atoms with Crippen molar-refractivity contribution in [1.82, 2.24) is 14.8 Å². The van der Waals surface area contributed by atoms with Crippen LogP contribution in [-0.2, 0) is 4.79 Å². The van der Waals surface area contributed by atoms with Gasteiger partial charge in [0, 0.05) is 12.3 Å². The van der Waals surface area contributed by atoms with Crippen molar-refractivity contribution in [1.29, 1.82) is 0 Å². The number of carbonyl (C=O) groups excluding carboxylic acids is 1. The molecule has 0 fully saturated rings. The van der Waals surface area contributed by atoms with E-state index in [-0.39, 0.29) is 0 Å². The van der Waals surface area contributed by atoms with E-state index in [4.69, 9.17) is 5.73 Å². The molecule has 5 nitrogen and oxygen atoms in total. The van der Waals surface area contributed by atoms with Crippen molar-refractivity contribution in [2.45, 2.75) is 0 Å². The summed E-state index contributed by atoms with van der Waals surface area (Å²) in [6.07, 6.45) is 4.06. The maximum absolute atomic E-state index is 10.2. The second kappa shape index (κ2) is 3.29. The lowest BCUT2D eigenvalue weighted by molar-refractivity contribution is -0.113. The highest BCUT2D eigenvalue weighted by Gasteiger charge is 1.91. The lowest BCUT2D eigenvalue weighted by Crippen LogP contribution is -2.06. The number of primary amides is 1. The van der Waals surface area contributed by atoms with Gasteiger partial charge in [-0.2, -0.15) is 0 Å². The summed E-state index contributed by atoms with van der Waals surface area (Å²) in [5.74, 6) is -0.517. The minimum Gasteiger partial charge on any atom is -0.366 e. The van der Waals surface area contributed by atoms with Crippen LogP contribution >= 0.6 is 15.9 Å². The molecule has 0 saturated carbocycles. The lowest BCUT2D eigenvalue weighted by Gasteiger charge is -1.84. The van der Waals surface area contributed by atoms with Gasteiger partial charge in [-0.1, -0.05) is 0 Å². The maximum Gasteiger partial charge on any atom is 0.242 e. The van der Waals surface area contributed by atoms with Gasteiger partial charge in [-0.05, 0) is 15.9 Å². The van der Waals surface area contributed by atoms with Crippen LogP contribution in [0.25, 0.3) is 6.20 Å². The van der Waals surface area contributed by atoms with E-state index in [1.165, 1.54) is 23.3 Å². The third-order valence-corrected chi connectivity index (χ3v) is 1.24. The number of nitrogens with zero attached hydrogens (tertiary/aromatic N) is 3. The van der Waals surface area contributed by atoms with Crippen molar-refractivity contribution in [3.8, 4) is 0 Å². The Hall–Kier alpha value is -1.17. The first-order chi connectivity index (χ1) is 5.18. The summed E-state index contributed by atoms with van der Waals surface area (Å²) in [6, 6.07) is 0. The van der Waals surface area contributed by atoms with Gasteiger partial charge in [0.2, 0.25) is 10.6 Å². The van der Waals surface area contributed by atoms with Crippen LogP contribution in [0.2, 0.25) is 0 Å². The highest BCUT2D eigenvalue weighted by Crippen LogP contribution is 1.98. The molecule has 0 aliphatic heterocycles. The van der Waals surface area contributed by atoms with Gasteiger partial charge in [-0.25, -0.2) is 9.67 Å². The Morgan fingerprint density at radius 2 is 2.55 bits per heavy atom. The first kappa shape index (κ1) is 7.93. The monoisotopic (exact) mass is 216 g/mol. The molecule has 1 amide bonds. The van der Waals surface area contributed by atoms with Crippen molar-refractivity contribution in [2.24, 2.45) is 5.73 Å². The van der Waals surface area contributed by atoms with Gasteiger partial charge in [-0.15, -0.1) is 5.10 Å². The Morgan fingerprint density at radius 3 is 3.00 bits per heavy atom. The fourth-order valence-electron chi connectivity index (χ4n) is 0.475. The predicted molar refractivity (Wildman–Crippen MR) is 42.2 cm³/mol. The number of rotatable bonds is 2. The van der Waals surface area contributed by atoms with E-state index in [1.807, 2.05) is 0 Å². The third kappa shape index (κ3) is 2.50. The minimum atomic E-state index is -0.517. The SMILES string of the molecule is NC(=O)C=Cn1cnc(Br)n1. The zero-order valence-corrected chi connectivity index (χ0v) is 7.02. The Balaban J connectivity index is 2.71. The number of carbonyl (C=O) groups is 1. The summed E-state index contributed by atoms with van der Waals surface area (Å²) in [7, 11) is 0. The van der Waals surface area contributed by atoms with E-state index in [2.05, 4.69) is 26.0 Å². The highest BCUT2D eigenvalue weighted by molar-refractivity contribution is 9.10. The molecule has 6 heteroatoms. The Kier molecular flexibility index (Phi) is 2.37. The Bertz CT molecular complexity index is 292. The van der Waals surface area contributed by atoms with Gasteiger partial charge in [0.05, 0.1) is 0 Å². The molecule has 0 aliphatic rings. The Morgan fingerprint density at radius 1 is 1.82 bits per heavy atom.